The highest BCUT2D eigenvalue weighted by molar-refractivity contribution is 7.80. The molecule has 3 rings (SSSR count). The van der Waals surface area contributed by atoms with E-state index < -0.39 is 5.54 Å². The van der Waals surface area contributed by atoms with E-state index in [1.807, 2.05) is 84.9 Å². The van der Waals surface area contributed by atoms with Crippen molar-refractivity contribution in [2.75, 3.05) is 18.5 Å². The van der Waals surface area contributed by atoms with Gasteiger partial charge in [0.05, 0.1) is 6.34 Å². The molecule has 6 heteroatoms. The van der Waals surface area contributed by atoms with Gasteiger partial charge in [0.1, 0.15) is 0 Å². The van der Waals surface area contributed by atoms with Gasteiger partial charge in [0.2, 0.25) is 0 Å². The number of rotatable bonds is 7. The maximum atomic E-state index is 13.8. The Morgan fingerprint density at radius 3 is 1.84 bits per heavy atom. The minimum atomic E-state index is -1.25. The smallest absolute Gasteiger partial charge is 0.259 e. The molecule has 0 spiro atoms. The van der Waals surface area contributed by atoms with Crippen molar-refractivity contribution >= 4 is 30.6 Å². The minimum Gasteiger partial charge on any atom is -0.399 e. The van der Waals surface area contributed by atoms with Gasteiger partial charge in [-0.25, -0.2) is 4.99 Å². The SMILES string of the molecule is CCCS.CN(Cc1ccc(N)cc1)C(=O)C(N=CN)(c1ccccc1)c1ccccc1. The molecule has 3 aromatic rings. The van der Waals surface area contributed by atoms with Crippen LogP contribution < -0.4 is 11.5 Å². The van der Waals surface area contributed by atoms with Crippen LogP contribution in [0.1, 0.15) is 30.0 Å². The van der Waals surface area contributed by atoms with Crippen molar-refractivity contribution in [3.05, 3.63) is 102 Å². The summed E-state index contributed by atoms with van der Waals surface area (Å²) in [4.78, 5) is 19.9. The van der Waals surface area contributed by atoms with Gasteiger partial charge in [-0.2, -0.15) is 12.6 Å². The van der Waals surface area contributed by atoms with Gasteiger partial charge in [-0.1, -0.05) is 79.7 Å². The first-order valence-electron chi connectivity index (χ1n) is 10.6. The molecule has 0 bridgehead atoms. The summed E-state index contributed by atoms with van der Waals surface area (Å²) in [5, 5.41) is 0. The molecule has 0 saturated carbocycles. The zero-order valence-corrected chi connectivity index (χ0v) is 19.6. The molecule has 0 aliphatic rings. The van der Waals surface area contributed by atoms with E-state index in [1.165, 1.54) is 12.8 Å². The predicted octanol–water partition coefficient (Wildman–Crippen LogP) is 4.48. The third kappa shape index (κ3) is 6.14. The van der Waals surface area contributed by atoms with Crippen LogP contribution in [0.5, 0.6) is 0 Å². The second-order valence-electron chi connectivity index (χ2n) is 7.35. The largest absolute Gasteiger partial charge is 0.399 e. The Labute approximate surface area is 196 Å². The lowest BCUT2D eigenvalue weighted by Gasteiger charge is -2.33. The van der Waals surface area contributed by atoms with Gasteiger partial charge in [-0.3, -0.25) is 4.79 Å². The lowest BCUT2D eigenvalue weighted by atomic mass is 9.82. The van der Waals surface area contributed by atoms with Crippen LogP contribution in [-0.2, 0) is 16.9 Å². The van der Waals surface area contributed by atoms with Crippen molar-refractivity contribution in [1.82, 2.24) is 4.90 Å². The molecule has 0 heterocycles. The molecule has 0 aliphatic heterocycles. The van der Waals surface area contributed by atoms with Crippen LogP contribution in [0.2, 0.25) is 0 Å². The van der Waals surface area contributed by atoms with E-state index in [0.717, 1.165) is 22.4 Å². The summed E-state index contributed by atoms with van der Waals surface area (Å²) >= 11 is 3.92. The van der Waals surface area contributed by atoms with Gasteiger partial charge in [0.15, 0.2) is 5.54 Å². The Morgan fingerprint density at radius 1 is 0.969 bits per heavy atom. The Hall–Kier alpha value is -3.25. The van der Waals surface area contributed by atoms with Crippen molar-refractivity contribution < 1.29 is 4.79 Å². The van der Waals surface area contributed by atoms with Crippen LogP contribution in [0.15, 0.2) is 89.9 Å². The van der Waals surface area contributed by atoms with Gasteiger partial charge in [0, 0.05) is 19.3 Å². The highest BCUT2D eigenvalue weighted by Gasteiger charge is 2.43. The molecule has 168 valence electrons. The molecule has 4 N–H and O–H groups in total. The van der Waals surface area contributed by atoms with Gasteiger partial charge in [0.25, 0.3) is 5.91 Å². The van der Waals surface area contributed by atoms with Gasteiger partial charge >= 0.3 is 0 Å². The molecule has 5 nitrogen and oxygen atoms in total. The number of amides is 1. The fraction of sp³-hybridized carbons (Fsp3) is 0.231. The molecule has 0 fully saturated rings. The minimum absolute atomic E-state index is 0.163. The molecule has 32 heavy (non-hydrogen) atoms. The Balaban J connectivity index is 0.000000837. The maximum absolute atomic E-state index is 13.8. The number of aliphatic imine (C=N–C) groups is 1. The summed E-state index contributed by atoms with van der Waals surface area (Å²) in [5.74, 6) is 0.850. The van der Waals surface area contributed by atoms with E-state index in [1.54, 1.807) is 11.9 Å². The molecule has 0 atom stereocenters. The van der Waals surface area contributed by atoms with Crippen molar-refractivity contribution in [2.45, 2.75) is 25.4 Å². The number of carbonyl (C=O) groups excluding carboxylic acids is 1. The average Bonchev–Trinajstić information content (AvgIpc) is 2.84. The second-order valence-corrected chi connectivity index (χ2v) is 7.79. The fourth-order valence-electron chi connectivity index (χ4n) is 3.33. The standard InChI is InChI=1S/C23H24N4O.C3H8S/c1-27(16-18-12-14-21(25)15-13-18)22(28)23(26-17-24,19-8-4-2-5-9-19)20-10-6-3-7-11-20;1-2-3-4/h2-15,17H,16,25H2,1H3,(H2,24,26);4H,2-3H2,1H3. The molecular weight excluding hydrogens is 416 g/mol. The van der Waals surface area contributed by atoms with Crippen LogP contribution in [0, 0.1) is 0 Å². The van der Waals surface area contributed by atoms with E-state index >= 15 is 0 Å². The molecule has 0 aromatic heterocycles. The molecular formula is C26H32N4OS. The van der Waals surface area contributed by atoms with Crippen molar-refractivity contribution in [1.29, 1.82) is 0 Å². The fourth-order valence-corrected chi connectivity index (χ4v) is 3.33. The summed E-state index contributed by atoms with van der Waals surface area (Å²) in [5.41, 5.74) is 13.4. The summed E-state index contributed by atoms with van der Waals surface area (Å²) < 4.78 is 0. The number of carbonyl (C=O) groups is 1. The molecule has 0 radical (unpaired) electrons. The van der Waals surface area contributed by atoms with Crippen LogP contribution in [0.4, 0.5) is 5.69 Å². The Kier molecular flexibility index (Phi) is 9.82. The van der Waals surface area contributed by atoms with E-state index in [2.05, 4.69) is 24.5 Å². The third-order valence-electron chi connectivity index (χ3n) is 4.93. The number of nitrogens with two attached hydrogens (primary N) is 2. The lowest BCUT2D eigenvalue weighted by Crippen LogP contribution is -2.45. The molecule has 1 amide bonds. The number of nitrogen functional groups attached to an aromatic ring is 1. The molecule has 0 unspecified atom stereocenters. The topological polar surface area (TPSA) is 84.7 Å². The molecule has 0 aliphatic carbocycles. The number of benzene rings is 3. The van der Waals surface area contributed by atoms with Crippen LogP contribution in [0.25, 0.3) is 0 Å². The van der Waals surface area contributed by atoms with Crippen LogP contribution >= 0.6 is 12.6 Å². The highest BCUT2D eigenvalue weighted by Crippen LogP contribution is 2.36. The highest BCUT2D eigenvalue weighted by atomic mass is 32.1. The Bertz CT molecular complexity index is 934. The number of likely N-dealkylation sites (N-methyl/N-ethyl adjacent to an activating group) is 1. The van der Waals surface area contributed by atoms with Gasteiger partial charge in [-0.05, 0) is 41.0 Å². The van der Waals surface area contributed by atoms with E-state index in [0.29, 0.717) is 12.2 Å². The summed E-state index contributed by atoms with van der Waals surface area (Å²) in [6, 6.07) is 26.5. The zero-order chi connectivity index (χ0) is 23.4. The number of hydrogen-bond acceptors (Lipinski definition) is 4. The number of hydrogen-bond donors (Lipinski definition) is 3. The average molecular weight is 449 g/mol. The number of thiol groups is 1. The number of anilines is 1. The van der Waals surface area contributed by atoms with Crippen molar-refractivity contribution in [3.63, 3.8) is 0 Å². The normalized spacial score (nSPS) is 11.0. The zero-order valence-electron chi connectivity index (χ0n) is 18.7. The molecule has 3 aromatic carbocycles. The maximum Gasteiger partial charge on any atom is 0.259 e. The first-order valence-corrected chi connectivity index (χ1v) is 11.2. The van der Waals surface area contributed by atoms with Crippen LogP contribution in [-0.4, -0.2) is 29.9 Å². The number of nitrogens with zero attached hydrogens (tertiary/aromatic N) is 2. The predicted molar refractivity (Wildman–Crippen MR) is 138 cm³/mol. The third-order valence-corrected chi connectivity index (χ3v) is 5.38. The molecule has 0 saturated heterocycles. The summed E-state index contributed by atoms with van der Waals surface area (Å²) in [7, 11) is 1.77. The monoisotopic (exact) mass is 448 g/mol. The Morgan fingerprint density at radius 2 is 1.44 bits per heavy atom. The van der Waals surface area contributed by atoms with Crippen LogP contribution in [0.3, 0.4) is 0 Å². The van der Waals surface area contributed by atoms with E-state index in [4.69, 9.17) is 11.5 Å². The second kappa shape index (κ2) is 12.6. The van der Waals surface area contributed by atoms with Gasteiger partial charge in [-0.15, -0.1) is 0 Å². The summed E-state index contributed by atoms with van der Waals surface area (Å²) in [6.07, 6.45) is 2.39. The summed E-state index contributed by atoms with van der Waals surface area (Å²) in [6.45, 7) is 2.54. The van der Waals surface area contributed by atoms with Crippen molar-refractivity contribution in [2.24, 2.45) is 10.7 Å². The quantitative estimate of drug-likeness (QED) is 0.216. The van der Waals surface area contributed by atoms with E-state index in [-0.39, 0.29) is 5.91 Å². The first kappa shape index (κ1) is 25.0. The van der Waals surface area contributed by atoms with Crippen molar-refractivity contribution in [3.8, 4) is 0 Å². The first-order chi connectivity index (χ1) is 15.5. The van der Waals surface area contributed by atoms with E-state index in [9.17, 15) is 4.79 Å². The lowest BCUT2D eigenvalue weighted by molar-refractivity contribution is -0.134. The van der Waals surface area contributed by atoms with Gasteiger partial charge < -0.3 is 16.4 Å².